The molecule has 0 aliphatic heterocycles. The van der Waals surface area contributed by atoms with Gasteiger partial charge in [-0.3, -0.25) is 0 Å². The fourth-order valence-electron chi connectivity index (χ4n) is 1.51. The highest BCUT2D eigenvalue weighted by Crippen LogP contribution is 2.23. The lowest BCUT2D eigenvalue weighted by Gasteiger charge is -2.07. The van der Waals surface area contributed by atoms with Crippen LogP contribution in [0.5, 0.6) is 5.75 Å². The van der Waals surface area contributed by atoms with Crippen molar-refractivity contribution in [2.45, 2.75) is 11.3 Å². The lowest BCUT2D eigenvalue weighted by atomic mass is 10.3. The van der Waals surface area contributed by atoms with E-state index < -0.39 is 0 Å². The second kappa shape index (κ2) is 7.34. The summed E-state index contributed by atoms with van der Waals surface area (Å²) < 4.78 is 5.63. The number of benzene rings is 2. The summed E-state index contributed by atoms with van der Waals surface area (Å²) >= 11 is 7.85. The molecule has 0 unspecified atom stereocenters. The highest BCUT2D eigenvalue weighted by Gasteiger charge is 1.99. The predicted octanol–water partition coefficient (Wildman–Crippen LogP) is 4.90. The van der Waals surface area contributed by atoms with Gasteiger partial charge >= 0.3 is 0 Å². The minimum atomic E-state index is 0.674. The maximum atomic E-state index is 6.00. The van der Waals surface area contributed by atoms with Crippen molar-refractivity contribution in [3.05, 3.63) is 59.6 Å². The van der Waals surface area contributed by atoms with Gasteiger partial charge in [0.15, 0.2) is 0 Å². The van der Waals surface area contributed by atoms with E-state index in [9.17, 15) is 0 Å². The summed E-state index contributed by atoms with van der Waals surface area (Å²) in [6.07, 6.45) is 1.00. The molecule has 2 aromatic rings. The van der Waals surface area contributed by atoms with Crippen LogP contribution in [0, 0.1) is 0 Å². The number of hydrogen-bond donors (Lipinski definition) is 0. The van der Waals surface area contributed by atoms with Crippen LogP contribution in [0.3, 0.4) is 0 Å². The highest BCUT2D eigenvalue weighted by molar-refractivity contribution is 7.99. The molecule has 0 atom stereocenters. The van der Waals surface area contributed by atoms with Gasteiger partial charge in [-0.15, -0.1) is 11.8 Å². The number of rotatable bonds is 6. The van der Waals surface area contributed by atoms with Gasteiger partial charge in [-0.2, -0.15) is 0 Å². The number of hydrogen-bond acceptors (Lipinski definition) is 2. The third-order valence-electron chi connectivity index (χ3n) is 2.39. The van der Waals surface area contributed by atoms with Crippen LogP contribution in [-0.4, -0.2) is 12.4 Å². The van der Waals surface area contributed by atoms with Crippen molar-refractivity contribution in [3.63, 3.8) is 0 Å². The monoisotopic (exact) mass is 278 g/mol. The van der Waals surface area contributed by atoms with Gasteiger partial charge in [0.05, 0.1) is 11.6 Å². The van der Waals surface area contributed by atoms with Crippen LogP contribution in [0.4, 0.5) is 0 Å². The van der Waals surface area contributed by atoms with E-state index in [4.69, 9.17) is 16.3 Å². The molecule has 2 aromatic carbocycles. The maximum absolute atomic E-state index is 6.00. The van der Waals surface area contributed by atoms with Crippen molar-refractivity contribution >= 4 is 23.4 Å². The predicted molar refractivity (Wildman–Crippen MR) is 78.7 cm³/mol. The molecule has 0 heterocycles. The molecule has 1 nitrogen and oxygen atoms in total. The summed E-state index contributed by atoms with van der Waals surface area (Å²) in [7, 11) is 0. The Kier molecular flexibility index (Phi) is 5.43. The van der Waals surface area contributed by atoms with Gasteiger partial charge < -0.3 is 4.74 Å². The van der Waals surface area contributed by atoms with Crippen molar-refractivity contribution in [1.82, 2.24) is 0 Å². The molecule has 0 bridgehead atoms. The van der Waals surface area contributed by atoms with Gasteiger partial charge in [0.25, 0.3) is 0 Å². The summed E-state index contributed by atoms with van der Waals surface area (Å²) in [5, 5.41) is 0.674. The SMILES string of the molecule is Clc1ccccc1OCCCSc1ccccc1. The van der Waals surface area contributed by atoms with Crippen LogP contribution in [0.25, 0.3) is 0 Å². The van der Waals surface area contributed by atoms with Crippen LogP contribution in [0.2, 0.25) is 5.02 Å². The Bertz CT molecular complexity index is 473. The second-order valence-electron chi connectivity index (χ2n) is 3.79. The lowest BCUT2D eigenvalue weighted by molar-refractivity contribution is 0.319. The maximum Gasteiger partial charge on any atom is 0.137 e. The molecular formula is C15H15ClOS. The zero-order valence-corrected chi connectivity index (χ0v) is 11.6. The average Bonchev–Trinajstić information content (AvgIpc) is 2.42. The molecule has 94 valence electrons. The van der Waals surface area contributed by atoms with Crippen molar-refractivity contribution < 1.29 is 4.74 Å². The Balaban J connectivity index is 1.66. The largest absolute Gasteiger partial charge is 0.492 e. The Morgan fingerprint density at radius 1 is 0.944 bits per heavy atom. The van der Waals surface area contributed by atoms with E-state index in [1.807, 2.05) is 42.1 Å². The molecule has 0 spiro atoms. The van der Waals surface area contributed by atoms with E-state index >= 15 is 0 Å². The topological polar surface area (TPSA) is 9.23 Å². The van der Waals surface area contributed by atoms with Gasteiger partial charge in [-0.05, 0) is 30.7 Å². The van der Waals surface area contributed by atoms with Crippen LogP contribution >= 0.6 is 23.4 Å². The first-order valence-electron chi connectivity index (χ1n) is 5.91. The summed E-state index contributed by atoms with van der Waals surface area (Å²) in [6.45, 7) is 0.698. The first kappa shape index (κ1) is 13.3. The molecule has 0 aliphatic carbocycles. The fraction of sp³-hybridized carbons (Fsp3) is 0.200. The second-order valence-corrected chi connectivity index (χ2v) is 5.37. The van der Waals surface area contributed by atoms with Gasteiger partial charge in [0, 0.05) is 10.6 Å². The van der Waals surface area contributed by atoms with Crippen LogP contribution in [0.1, 0.15) is 6.42 Å². The fourth-order valence-corrected chi connectivity index (χ4v) is 2.55. The van der Waals surface area contributed by atoms with Gasteiger partial charge in [-0.1, -0.05) is 41.9 Å². The molecular weight excluding hydrogens is 264 g/mol. The molecule has 0 radical (unpaired) electrons. The Hall–Kier alpha value is -1.12. The smallest absolute Gasteiger partial charge is 0.137 e. The number of thioether (sulfide) groups is 1. The zero-order valence-electron chi connectivity index (χ0n) is 10.0. The minimum Gasteiger partial charge on any atom is -0.492 e. The first-order chi connectivity index (χ1) is 8.86. The summed E-state index contributed by atoms with van der Waals surface area (Å²) in [4.78, 5) is 1.30. The van der Waals surface area contributed by atoms with E-state index in [1.165, 1.54) is 4.90 Å². The third kappa shape index (κ3) is 4.28. The Morgan fingerprint density at radius 3 is 2.44 bits per heavy atom. The molecule has 0 fully saturated rings. The standard InChI is InChI=1S/C15H15ClOS/c16-14-9-4-5-10-15(14)17-11-6-12-18-13-7-2-1-3-8-13/h1-5,7-10H,6,11-12H2. The highest BCUT2D eigenvalue weighted by atomic mass is 35.5. The molecule has 0 aromatic heterocycles. The van der Waals surface area contributed by atoms with Crippen molar-refractivity contribution in [2.24, 2.45) is 0 Å². The normalized spacial score (nSPS) is 10.3. The molecule has 0 amide bonds. The number of ether oxygens (including phenoxy) is 1. The van der Waals surface area contributed by atoms with E-state index in [0.29, 0.717) is 11.6 Å². The van der Waals surface area contributed by atoms with Crippen LogP contribution < -0.4 is 4.74 Å². The molecule has 18 heavy (non-hydrogen) atoms. The van der Waals surface area contributed by atoms with E-state index in [-0.39, 0.29) is 0 Å². The average molecular weight is 279 g/mol. The lowest BCUT2D eigenvalue weighted by Crippen LogP contribution is -1.98. The van der Waals surface area contributed by atoms with Gasteiger partial charge in [-0.25, -0.2) is 0 Å². The Morgan fingerprint density at radius 2 is 1.67 bits per heavy atom. The molecule has 0 N–H and O–H groups in total. The molecule has 2 rings (SSSR count). The molecule has 3 heteroatoms. The third-order valence-corrected chi connectivity index (χ3v) is 3.81. The first-order valence-corrected chi connectivity index (χ1v) is 7.28. The van der Waals surface area contributed by atoms with Crippen molar-refractivity contribution in [3.8, 4) is 5.75 Å². The van der Waals surface area contributed by atoms with E-state index in [2.05, 4.69) is 24.3 Å². The zero-order chi connectivity index (χ0) is 12.6. The van der Waals surface area contributed by atoms with Crippen LogP contribution in [-0.2, 0) is 0 Å². The number of halogens is 1. The summed E-state index contributed by atoms with van der Waals surface area (Å²) in [6, 6.07) is 18.0. The molecule has 0 saturated heterocycles. The molecule has 0 aliphatic rings. The molecule has 0 saturated carbocycles. The quantitative estimate of drug-likeness (QED) is 0.549. The Labute approximate surface area is 117 Å². The summed E-state index contributed by atoms with van der Waals surface area (Å²) in [5.41, 5.74) is 0. The van der Waals surface area contributed by atoms with Gasteiger partial charge in [0.1, 0.15) is 5.75 Å². The number of para-hydroxylation sites is 1. The van der Waals surface area contributed by atoms with E-state index in [1.54, 1.807) is 0 Å². The van der Waals surface area contributed by atoms with Crippen molar-refractivity contribution in [1.29, 1.82) is 0 Å². The van der Waals surface area contributed by atoms with Gasteiger partial charge in [0.2, 0.25) is 0 Å². The minimum absolute atomic E-state index is 0.674. The summed E-state index contributed by atoms with van der Waals surface area (Å²) in [5.74, 6) is 1.82. The van der Waals surface area contributed by atoms with Crippen molar-refractivity contribution in [2.75, 3.05) is 12.4 Å². The van der Waals surface area contributed by atoms with E-state index in [0.717, 1.165) is 17.9 Å². The van der Waals surface area contributed by atoms with Crippen LogP contribution in [0.15, 0.2) is 59.5 Å².